The summed E-state index contributed by atoms with van der Waals surface area (Å²) >= 11 is 0. The molecule has 0 spiro atoms. The fourth-order valence-electron chi connectivity index (χ4n) is 11.0. The van der Waals surface area contributed by atoms with Crippen LogP contribution < -0.4 is 0 Å². The molecular formula is C32H52Na2O5. The molecule has 0 bridgehead atoms. The van der Waals surface area contributed by atoms with Crippen LogP contribution >= 0.6 is 0 Å². The monoisotopic (exact) mass is 562 g/mol. The van der Waals surface area contributed by atoms with Gasteiger partial charge >= 0.3 is 71.1 Å². The zero-order valence-corrected chi connectivity index (χ0v) is 24.3. The first-order valence-corrected chi connectivity index (χ1v) is 14.8. The Kier molecular flexibility index (Phi) is 9.60. The normalized spacial score (nSPS) is 47.9. The molecule has 0 heterocycles. The van der Waals surface area contributed by atoms with E-state index in [-0.39, 0.29) is 98.9 Å². The van der Waals surface area contributed by atoms with Gasteiger partial charge in [0, 0.05) is 0 Å². The van der Waals surface area contributed by atoms with Crippen molar-refractivity contribution < 1.29 is 24.5 Å². The molecule has 5 rings (SSSR count). The zero-order chi connectivity index (χ0) is 27.2. The summed E-state index contributed by atoms with van der Waals surface area (Å²) in [6.07, 6.45) is 13.0. The van der Waals surface area contributed by atoms with E-state index in [1.807, 2.05) is 6.92 Å². The van der Waals surface area contributed by atoms with Crippen molar-refractivity contribution in [2.75, 3.05) is 6.61 Å². The molecule has 0 radical (unpaired) electrons. The molecule has 7 heteroatoms. The van der Waals surface area contributed by atoms with E-state index in [4.69, 9.17) is 4.74 Å². The van der Waals surface area contributed by atoms with Crippen molar-refractivity contribution in [3.05, 3.63) is 11.6 Å². The molecule has 0 aliphatic heterocycles. The number of hydrogen-bond donors (Lipinski definition) is 2. The van der Waals surface area contributed by atoms with Gasteiger partial charge in [0.25, 0.3) is 0 Å². The molecule has 2 N–H and O–H groups in total. The van der Waals surface area contributed by atoms with Gasteiger partial charge in [-0.1, -0.05) is 53.2 Å². The van der Waals surface area contributed by atoms with Gasteiger partial charge in [0.05, 0.1) is 11.5 Å². The van der Waals surface area contributed by atoms with E-state index in [1.54, 1.807) is 5.57 Å². The number of hydrogen-bond acceptors (Lipinski definition) is 3. The van der Waals surface area contributed by atoms with E-state index < -0.39 is 17.4 Å². The summed E-state index contributed by atoms with van der Waals surface area (Å²) in [5, 5.41) is 19.3. The Labute approximate surface area is 280 Å². The molecule has 0 saturated heterocycles. The third-order valence-electron chi connectivity index (χ3n) is 13.7. The topological polar surface area (TPSA) is 83.8 Å². The van der Waals surface area contributed by atoms with Gasteiger partial charge in [-0.2, -0.15) is 0 Å². The number of aliphatic carboxylic acids is 2. The average Bonchev–Trinajstić information content (AvgIpc) is 2.79. The summed E-state index contributed by atoms with van der Waals surface area (Å²) in [4.78, 5) is 23.5. The number of ether oxygens (including phenoxy) is 1. The van der Waals surface area contributed by atoms with E-state index in [0.717, 1.165) is 44.9 Å². The van der Waals surface area contributed by atoms with Gasteiger partial charge in [0.1, 0.15) is 6.61 Å². The summed E-state index contributed by atoms with van der Waals surface area (Å²) in [7, 11) is 0. The van der Waals surface area contributed by atoms with Crippen molar-refractivity contribution in [1.29, 1.82) is 0 Å². The number of rotatable bonds is 4. The van der Waals surface area contributed by atoms with Crippen LogP contribution in [0.3, 0.4) is 0 Å². The summed E-state index contributed by atoms with van der Waals surface area (Å²) in [5.74, 6) is -0.0707. The molecule has 0 amide bonds. The quantitative estimate of drug-likeness (QED) is 0.322. The second kappa shape index (κ2) is 11.0. The van der Waals surface area contributed by atoms with Crippen molar-refractivity contribution in [3.8, 4) is 0 Å². The third kappa shape index (κ3) is 4.92. The Bertz CT molecular complexity index is 1030. The van der Waals surface area contributed by atoms with Crippen LogP contribution in [0.15, 0.2) is 11.6 Å². The standard InChI is InChI=1S/C32H50O5.2Na.2H/c1-27(2)22-10-13-32(7)23(30(22,5)12-11-24(27)37-19-25(33)34)9-8-20-21-18-29(4,26(35)36)15-14-28(21,3)16-17-31(20,32)6;;;;/h8,21-24H,9-19H2,1-7H3,(H,33,34)(H,35,36);;;;/t21-,22-,23+,24-,28+,29-,30-,31+,32+;;;;/m0..../s1. The third-order valence-corrected chi connectivity index (χ3v) is 13.7. The van der Waals surface area contributed by atoms with Crippen molar-refractivity contribution in [2.45, 2.75) is 119 Å². The molecular weight excluding hydrogens is 510 g/mol. The van der Waals surface area contributed by atoms with Crippen LogP contribution in [-0.4, -0.2) is 94.0 Å². The molecule has 5 aliphatic carbocycles. The van der Waals surface area contributed by atoms with Crippen LogP contribution in [0, 0.1) is 50.2 Å². The molecule has 0 aromatic carbocycles. The van der Waals surface area contributed by atoms with E-state index in [1.165, 1.54) is 19.3 Å². The minimum absolute atomic E-state index is 0. The van der Waals surface area contributed by atoms with Crippen LogP contribution in [0.4, 0.5) is 0 Å². The summed E-state index contributed by atoms with van der Waals surface area (Å²) in [5.41, 5.74) is 1.60. The van der Waals surface area contributed by atoms with Gasteiger partial charge < -0.3 is 14.9 Å². The van der Waals surface area contributed by atoms with Crippen molar-refractivity contribution in [1.82, 2.24) is 0 Å². The van der Waals surface area contributed by atoms with Gasteiger partial charge in [-0.3, -0.25) is 4.79 Å². The van der Waals surface area contributed by atoms with Crippen LogP contribution in [0.2, 0.25) is 0 Å². The Hall–Kier alpha value is 0.640. The second-order valence-corrected chi connectivity index (χ2v) is 15.6. The second-order valence-electron chi connectivity index (χ2n) is 15.6. The molecule has 212 valence electrons. The predicted molar refractivity (Wildman–Crippen MR) is 158 cm³/mol. The van der Waals surface area contributed by atoms with E-state index >= 15 is 0 Å². The first kappa shape index (κ1) is 34.1. The summed E-state index contributed by atoms with van der Waals surface area (Å²) < 4.78 is 5.97. The molecule has 5 nitrogen and oxygen atoms in total. The van der Waals surface area contributed by atoms with Crippen LogP contribution in [-0.2, 0) is 14.3 Å². The number of carboxylic acid groups (broad SMARTS) is 2. The SMILES string of the molecule is CC1(C)[C@@H](OCC(=O)O)CC[C@]2(C)[C@H]3CC=C4[C@@H]5C[C@@](C)(C(=O)O)CC[C@]5(C)CC[C@@]4(C)[C@]3(C)CC[C@@H]12.[NaH].[NaH]. The minimum atomic E-state index is -0.885. The van der Waals surface area contributed by atoms with E-state index in [2.05, 4.69) is 47.6 Å². The predicted octanol–water partition coefficient (Wildman–Crippen LogP) is 6.05. The maximum atomic E-state index is 12.3. The average molecular weight is 563 g/mol. The van der Waals surface area contributed by atoms with Crippen molar-refractivity contribution >= 4 is 71.1 Å². The fraction of sp³-hybridized carbons (Fsp3) is 0.875. The summed E-state index contributed by atoms with van der Waals surface area (Å²) in [6.45, 7) is 16.5. The Morgan fingerprint density at radius 2 is 1.51 bits per heavy atom. The van der Waals surface area contributed by atoms with Gasteiger partial charge in [-0.15, -0.1) is 0 Å². The molecule has 39 heavy (non-hydrogen) atoms. The molecule has 0 aromatic rings. The Balaban J connectivity index is 0.00000210. The maximum absolute atomic E-state index is 12.3. The molecule has 4 fully saturated rings. The van der Waals surface area contributed by atoms with Crippen LogP contribution in [0.5, 0.6) is 0 Å². The van der Waals surface area contributed by atoms with Crippen molar-refractivity contribution in [2.24, 2.45) is 50.2 Å². The molecule has 5 aliphatic rings. The first-order valence-electron chi connectivity index (χ1n) is 14.8. The van der Waals surface area contributed by atoms with Crippen LogP contribution in [0.1, 0.15) is 113 Å². The molecule has 9 atom stereocenters. The zero-order valence-electron chi connectivity index (χ0n) is 24.3. The van der Waals surface area contributed by atoms with Gasteiger partial charge in [0.2, 0.25) is 0 Å². The number of carbonyl (C=O) groups is 2. The number of allylic oxidation sites excluding steroid dienone is 2. The number of fused-ring (bicyclic) bond motifs is 7. The van der Waals surface area contributed by atoms with E-state index in [9.17, 15) is 19.8 Å². The van der Waals surface area contributed by atoms with Gasteiger partial charge in [0.15, 0.2) is 0 Å². The fourth-order valence-corrected chi connectivity index (χ4v) is 11.0. The van der Waals surface area contributed by atoms with Crippen molar-refractivity contribution in [3.63, 3.8) is 0 Å². The Morgan fingerprint density at radius 3 is 2.13 bits per heavy atom. The molecule has 0 unspecified atom stereocenters. The summed E-state index contributed by atoms with van der Waals surface area (Å²) in [6, 6.07) is 0. The molecule has 0 aromatic heterocycles. The van der Waals surface area contributed by atoms with Crippen LogP contribution in [0.25, 0.3) is 0 Å². The first-order chi connectivity index (χ1) is 17.0. The Morgan fingerprint density at radius 1 is 0.872 bits per heavy atom. The van der Waals surface area contributed by atoms with Gasteiger partial charge in [-0.05, 0) is 116 Å². The van der Waals surface area contributed by atoms with E-state index in [0.29, 0.717) is 17.8 Å². The molecule has 4 saturated carbocycles. The van der Waals surface area contributed by atoms with Gasteiger partial charge in [-0.25, -0.2) is 4.79 Å². The number of carboxylic acids is 2.